The number of hydrogen-bond donors (Lipinski definition) is 0. The van der Waals surface area contributed by atoms with Crippen molar-refractivity contribution in [1.29, 1.82) is 0 Å². The molecule has 6 nitrogen and oxygen atoms in total. The molecule has 2 aromatic heterocycles. The average molecular weight is 482 g/mol. The molecule has 1 aromatic carbocycles. The van der Waals surface area contributed by atoms with Crippen molar-refractivity contribution in [3.05, 3.63) is 46.3 Å². The highest BCUT2D eigenvalue weighted by Gasteiger charge is 2.31. The normalized spacial score (nSPS) is 14.8. The molecule has 0 bridgehead atoms. The third kappa shape index (κ3) is 4.80. The SMILES string of the molecule is COC(=O)Cn1c(-c2ccccc2C=O)c(C2CCCCC2)c2sc(C(=O)OC(C)(C)C)cc21. The maximum absolute atomic E-state index is 12.9. The molecular weight excluding hydrogens is 450 g/mol. The summed E-state index contributed by atoms with van der Waals surface area (Å²) in [7, 11) is 1.36. The van der Waals surface area contributed by atoms with Gasteiger partial charge in [0.1, 0.15) is 17.0 Å². The molecule has 34 heavy (non-hydrogen) atoms. The Morgan fingerprint density at radius 2 is 1.85 bits per heavy atom. The number of aldehydes is 1. The van der Waals surface area contributed by atoms with Crippen LogP contribution in [0.15, 0.2) is 30.3 Å². The van der Waals surface area contributed by atoms with Gasteiger partial charge >= 0.3 is 11.9 Å². The Labute approximate surface area is 203 Å². The van der Waals surface area contributed by atoms with E-state index in [0.29, 0.717) is 10.4 Å². The van der Waals surface area contributed by atoms with Crippen molar-refractivity contribution in [3.8, 4) is 11.3 Å². The Bertz CT molecular complexity index is 1220. The highest BCUT2D eigenvalue weighted by atomic mass is 32.1. The van der Waals surface area contributed by atoms with Crippen molar-refractivity contribution in [2.75, 3.05) is 7.11 Å². The first-order chi connectivity index (χ1) is 16.2. The molecule has 0 saturated heterocycles. The van der Waals surface area contributed by atoms with Gasteiger partial charge in [0.05, 0.1) is 23.0 Å². The van der Waals surface area contributed by atoms with Gasteiger partial charge in [0.2, 0.25) is 0 Å². The number of benzene rings is 1. The smallest absolute Gasteiger partial charge is 0.348 e. The van der Waals surface area contributed by atoms with E-state index in [2.05, 4.69) is 0 Å². The molecule has 1 aliphatic carbocycles. The minimum absolute atomic E-state index is 0.00721. The number of carbonyl (C=O) groups excluding carboxylic acids is 3. The molecule has 0 amide bonds. The summed E-state index contributed by atoms with van der Waals surface area (Å²) in [4.78, 5) is 37.8. The second-order valence-electron chi connectivity index (χ2n) is 9.79. The zero-order valence-electron chi connectivity index (χ0n) is 20.2. The van der Waals surface area contributed by atoms with Gasteiger partial charge in [-0.25, -0.2) is 4.79 Å². The molecule has 1 aliphatic rings. The number of carbonyl (C=O) groups is 3. The lowest BCUT2D eigenvalue weighted by Gasteiger charge is -2.24. The van der Waals surface area contributed by atoms with Crippen LogP contribution in [-0.2, 0) is 20.8 Å². The molecule has 3 aromatic rings. The average Bonchev–Trinajstić information content (AvgIpc) is 3.36. The fourth-order valence-corrected chi connectivity index (χ4v) is 5.97. The quantitative estimate of drug-likeness (QED) is 0.303. The standard InChI is InChI=1S/C27H31NO5S/c1-27(2,3)33-26(31)21-14-20-25(34-21)23(17-10-6-5-7-11-17)24(28(20)15-22(30)32-4)19-13-9-8-12-18(19)16-29/h8-9,12-14,16-17H,5-7,10-11,15H2,1-4H3. The number of hydrogen-bond acceptors (Lipinski definition) is 6. The Morgan fingerprint density at radius 1 is 1.15 bits per heavy atom. The summed E-state index contributed by atoms with van der Waals surface area (Å²) >= 11 is 1.41. The van der Waals surface area contributed by atoms with Crippen LogP contribution in [0.5, 0.6) is 0 Å². The summed E-state index contributed by atoms with van der Waals surface area (Å²) in [5.41, 5.74) is 3.55. The number of ether oxygens (including phenoxy) is 2. The summed E-state index contributed by atoms with van der Waals surface area (Å²) in [6.07, 6.45) is 6.40. The number of thiophene rings is 1. The summed E-state index contributed by atoms with van der Waals surface area (Å²) < 4.78 is 13.5. The molecule has 180 valence electrons. The second-order valence-corrected chi connectivity index (χ2v) is 10.8. The molecule has 1 saturated carbocycles. The van der Waals surface area contributed by atoms with E-state index < -0.39 is 5.60 Å². The van der Waals surface area contributed by atoms with Gasteiger partial charge < -0.3 is 14.0 Å². The number of methoxy groups -OCH3 is 1. The van der Waals surface area contributed by atoms with Gasteiger partial charge in [-0.2, -0.15) is 0 Å². The lowest BCUT2D eigenvalue weighted by molar-refractivity contribution is -0.141. The van der Waals surface area contributed by atoms with Crippen LogP contribution in [0.3, 0.4) is 0 Å². The molecule has 2 heterocycles. The Balaban J connectivity index is 1.99. The maximum atomic E-state index is 12.9. The number of fused-ring (bicyclic) bond motifs is 1. The first kappa shape index (κ1) is 24.2. The fraction of sp³-hybridized carbons (Fsp3) is 0.444. The van der Waals surface area contributed by atoms with Gasteiger partial charge in [0, 0.05) is 11.1 Å². The van der Waals surface area contributed by atoms with Crippen LogP contribution in [0.4, 0.5) is 0 Å². The molecule has 0 unspecified atom stereocenters. The van der Waals surface area contributed by atoms with Gasteiger partial charge in [-0.1, -0.05) is 43.5 Å². The van der Waals surface area contributed by atoms with E-state index in [0.717, 1.165) is 59.0 Å². The van der Waals surface area contributed by atoms with E-state index in [1.54, 1.807) is 6.07 Å². The number of nitrogens with zero attached hydrogens (tertiary/aromatic N) is 1. The maximum Gasteiger partial charge on any atom is 0.348 e. The number of rotatable bonds is 6. The molecule has 7 heteroatoms. The van der Waals surface area contributed by atoms with E-state index in [1.807, 2.05) is 49.6 Å². The summed E-state index contributed by atoms with van der Waals surface area (Å²) in [5, 5.41) is 0. The molecular formula is C27H31NO5S. The first-order valence-corrected chi connectivity index (χ1v) is 12.6. The van der Waals surface area contributed by atoms with Crippen molar-refractivity contribution in [1.82, 2.24) is 4.57 Å². The first-order valence-electron chi connectivity index (χ1n) is 11.7. The second kappa shape index (κ2) is 9.74. The van der Waals surface area contributed by atoms with E-state index in [-0.39, 0.29) is 24.4 Å². The van der Waals surface area contributed by atoms with E-state index in [9.17, 15) is 14.4 Å². The third-order valence-electron chi connectivity index (χ3n) is 6.24. The fourth-order valence-electron chi connectivity index (χ4n) is 4.81. The highest BCUT2D eigenvalue weighted by Crippen LogP contribution is 2.47. The van der Waals surface area contributed by atoms with Crippen LogP contribution in [0.1, 0.15) is 84.4 Å². The molecule has 0 radical (unpaired) electrons. The summed E-state index contributed by atoms with van der Waals surface area (Å²) in [5.74, 6) is -0.473. The molecule has 0 spiro atoms. The van der Waals surface area contributed by atoms with E-state index in [1.165, 1.54) is 24.9 Å². The van der Waals surface area contributed by atoms with E-state index in [4.69, 9.17) is 9.47 Å². The van der Waals surface area contributed by atoms with Crippen molar-refractivity contribution in [3.63, 3.8) is 0 Å². The van der Waals surface area contributed by atoms with Crippen molar-refractivity contribution >= 4 is 39.8 Å². The molecule has 1 fully saturated rings. The van der Waals surface area contributed by atoms with Gasteiger partial charge in [-0.15, -0.1) is 11.3 Å². The summed E-state index contributed by atoms with van der Waals surface area (Å²) in [6.45, 7) is 5.53. The lowest BCUT2D eigenvalue weighted by atomic mass is 9.82. The topological polar surface area (TPSA) is 74.6 Å². The van der Waals surface area contributed by atoms with Crippen molar-refractivity contribution < 1.29 is 23.9 Å². The molecule has 4 rings (SSSR count). The number of aromatic nitrogens is 1. The molecule has 0 atom stereocenters. The molecule has 0 aliphatic heterocycles. The minimum atomic E-state index is -0.604. The Hall–Kier alpha value is -2.93. The van der Waals surface area contributed by atoms with Crippen LogP contribution < -0.4 is 0 Å². The Kier molecular flexibility index (Phi) is 6.94. The van der Waals surface area contributed by atoms with Crippen LogP contribution in [0, 0.1) is 0 Å². The van der Waals surface area contributed by atoms with Crippen LogP contribution >= 0.6 is 11.3 Å². The zero-order chi connectivity index (χ0) is 24.5. The predicted molar refractivity (Wildman–Crippen MR) is 134 cm³/mol. The van der Waals surface area contributed by atoms with Crippen LogP contribution in [0.25, 0.3) is 21.5 Å². The highest BCUT2D eigenvalue weighted by molar-refractivity contribution is 7.21. The zero-order valence-corrected chi connectivity index (χ0v) is 21.0. The van der Waals surface area contributed by atoms with Gasteiger partial charge in [0.25, 0.3) is 0 Å². The minimum Gasteiger partial charge on any atom is -0.468 e. The van der Waals surface area contributed by atoms with Gasteiger partial charge in [-0.3, -0.25) is 9.59 Å². The lowest BCUT2D eigenvalue weighted by Crippen LogP contribution is -2.23. The van der Waals surface area contributed by atoms with E-state index >= 15 is 0 Å². The van der Waals surface area contributed by atoms with Gasteiger partial charge in [-0.05, 0) is 51.2 Å². The number of esters is 2. The van der Waals surface area contributed by atoms with Gasteiger partial charge in [0.15, 0.2) is 6.29 Å². The molecule has 0 N–H and O–H groups in total. The van der Waals surface area contributed by atoms with Crippen LogP contribution in [-0.4, -0.2) is 35.5 Å². The van der Waals surface area contributed by atoms with Crippen molar-refractivity contribution in [2.45, 2.75) is 70.9 Å². The monoisotopic (exact) mass is 481 g/mol. The van der Waals surface area contributed by atoms with Crippen LogP contribution in [0.2, 0.25) is 0 Å². The predicted octanol–water partition coefficient (Wildman–Crippen LogP) is 6.36. The summed E-state index contributed by atoms with van der Waals surface area (Å²) in [6, 6.07) is 9.28. The Morgan fingerprint density at radius 3 is 2.50 bits per heavy atom. The largest absolute Gasteiger partial charge is 0.468 e. The van der Waals surface area contributed by atoms with Crippen molar-refractivity contribution in [2.24, 2.45) is 0 Å². The third-order valence-corrected chi connectivity index (χ3v) is 7.38.